The Morgan fingerprint density at radius 2 is 2.11 bits per heavy atom. The number of nitrogens with zero attached hydrogens (tertiary/aromatic N) is 4. The molecule has 7 heteroatoms. The highest BCUT2D eigenvalue weighted by atomic mass is 16.3. The molecule has 1 aliphatic heterocycles. The second kappa shape index (κ2) is 7.34. The first-order valence-corrected chi connectivity index (χ1v) is 9.21. The second-order valence-corrected chi connectivity index (χ2v) is 7.10. The zero-order chi connectivity index (χ0) is 19.7. The highest BCUT2D eigenvalue weighted by molar-refractivity contribution is 5.96. The molecule has 0 N–H and O–H groups in total. The van der Waals surface area contributed by atoms with E-state index in [1.54, 1.807) is 37.2 Å². The number of aromatic nitrogens is 2. The molecule has 0 saturated carbocycles. The van der Waals surface area contributed by atoms with Gasteiger partial charge in [0.15, 0.2) is 5.76 Å². The van der Waals surface area contributed by atoms with Gasteiger partial charge in [0, 0.05) is 45.0 Å². The minimum Gasteiger partial charge on any atom is -0.451 e. The minimum atomic E-state index is -0.162. The number of furan rings is 1. The van der Waals surface area contributed by atoms with Gasteiger partial charge < -0.3 is 14.2 Å². The Hall–Kier alpha value is -3.35. The molecule has 3 heterocycles. The van der Waals surface area contributed by atoms with Gasteiger partial charge in [0.2, 0.25) is 5.91 Å². The molecule has 0 bridgehead atoms. The third-order valence-electron chi connectivity index (χ3n) is 4.86. The van der Waals surface area contributed by atoms with Crippen molar-refractivity contribution in [1.29, 1.82) is 0 Å². The summed E-state index contributed by atoms with van der Waals surface area (Å²) in [5.74, 6) is 0.216. The second-order valence-electron chi connectivity index (χ2n) is 7.10. The summed E-state index contributed by atoms with van der Waals surface area (Å²) in [4.78, 5) is 28.0. The van der Waals surface area contributed by atoms with Crippen molar-refractivity contribution < 1.29 is 14.0 Å². The zero-order valence-corrected chi connectivity index (χ0v) is 16.0. The molecule has 0 fully saturated rings. The van der Waals surface area contributed by atoms with Crippen LogP contribution in [0.15, 0.2) is 53.2 Å². The van der Waals surface area contributed by atoms with E-state index in [4.69, 9.17) is 4.42 Å². The Bertz CT molecular complexity index is 1050. The summed E-state index contributed by atoms with van der Waals surface area (Å²) in [7, 11) is 3.39. The van der Waals surface area contributed by atoms with E-state index in [0.29, 0.717) is 24.4 Å². The first-order chi connectivity index (χ1) is 13.5. The van der Waals surface area contributed by atoms with Crippen molar-refractivity contribution in [1.82, 2.24) is 19.6 Å². The number of hydrogen-bond donors (Lipinski definition) is 0. The van der Waals surface area contributed by atoms with Crippen LogP contribution in [-0.4, -0.2) is 58.6 Å². The van der Waals surface area contributed by atoms with Gasteiger partial charge >= 0.3 is 0 Å². The summed E-state index contributed by atoms with van der Waals surface area (Å²) in [6.07, 6.45) is 6.45. The van der Waals surface area contributed by atoms with E-state index in [2.05, 4.69) is 11.2 Å². The molecular formula is C21H22N4O3. The van der Waals surface area contributed by atoms with Gasteiger partial charge in [-0.05, 0) is 41.8 Å². The highest BCUT2D eigenvalue weighted by Gasteiger charge is 2.20. The maximum absolute atomic E-state index is 12.6. The predicted octanol–water partition coefficient (Wildman–Crippen LogP) is 2.65. The van der Waals surface area contributed by atoms with Crippen LogP contribution in [0.3, 0.4) is 0 Å². The summed E-state index contributed by atoms with van der Waals surface area (Å²) < 4.78 is 7.31. The lowest BCUT2D eigenvalue weighted by Crippen LogP contribution is -2.37. The van der Waals surface area contributed by atoms with Crippen LogP contribution in [-0.2, 0) is 11.3 Å². The van der Waals surface area contributed by atoms with Gasteiger partial charge in [-0.1, -0.05) is 12.1 Å². The van der Waals surface area contributed by atoms with Crippen molar-refractivity contribution in [3.63, 3.8) is 0 Å². The molecule has 3 aromatic rings. The number of carbonyl (C=O) groups excluding carboxylic acids is 2. The van der Waals surface area contributed by atoms with E-state index in [-0.39, 0.29) is 18.4 Å². The average Bonchev–Trinajstić information content (AvgIpc) is 3.36. The fourth-order valence-electron chi connectivity index (χ4n) is 3.37. The Kier molecular flexibility index (Phi) is 4.73. The summed E-state index contributed by atoms with van der Waals surface area (Å²) in [5, 5.41) is 4.98. The molecule has 0 atom stereocenters. The molecule has 28 heavy (non-hydrogen) atoms. The van der Waals surface area contributed by atoms with Gasteiger partial charge in [0.05, 0.1) is 0 Å². The van der Waals surface area contributed by atoms with E-state index in [1.807, 2.05) is 29.2 Å². The minimum absolute atomic E-state index is 0.0533. The quantitative estimate of drug-likeness (QED) is 0.700. The molecule has 1 aromatic carbocycles. The number of hydrogen-bond acceptors (Lipinski definition) is 4. The van der Waals surface area contributed by atoms with E-state index >= 15 is 0 Å². The van der Waals surface area contributed by atoms with Crippen LogP contribution in [0.1, 0.15) is 22.5 Å². The van der Waals surface area contributed by atoms with Crippen LogP contribution in [0.25, 0.3) is 16.5 Å². The lowest BCUT2D eigenvalue weighted by atomic mass is 10.00. The monoisotopic (exact) mass is 378 g/mol. The summed E-state index contributed by atoms with van der Waals surface area (Å²) in [6, 6.07) is 9.44. The van der Waals surface area contributed by atoms with Crippen molar-refractivity contribution in [2.45, 2.75) is 13.0 Å². The van der Waals surface area contributed by atoms with Gasteiger partial charge in [-0.15, -0.1) is 0 Å². The topological polar surface area (TPSA) is 71.6 Å². The number of rotatable bonds is 4. The molecule has 0 radical (unpaired) electrons. The number of benzene rings is 1. The van der Waals surface area contributed by atoms with Crippen LogP contribution in [0.2, 0.25) is 0 Å². The molecule has 0 spiro atoms. The fraction of sp³-hybridized carbons (Fsp3) is 0.286. The average molecular weight is 378 g/mol. The van der Waals surface area contributed by atoms with Crippen LogP contribution in [0.4, 0.5) is 0 Å². The summed E-state index contributed by atoms with van der Waals surface area (Å²) in [5.41, 5.74) is 2.81. The van der Waals surface area contributed by atoms with E-state index in [1.165, 1.54) is 4.90 Å². The molecular weight excluding hydrogens is 356 g/mol. The third-order valence-corrected chi connectivity index (χ3v) is 4.86. The lowest BCUT2D eigenvalue weighted by molar-refractivity contribution is -0.131. The third kappa shape index (κ3) is 3.55. The lowest BCUT2D eigenvalue weighted by Gasteiger charge is -2.27. The van der Waals surface area contributed by atoms with Gasteiger partial charge in [-0.2, -0.15) is 5.10 Å². The normalized spacial score (nSPS) is 14.2. The van der Waals surface area contributed by atoms with E-state index in [0.717, 1.165) is 22.9 Å². The Labute approximate surface area is 162 Å². The molecule has 0 saturated heterocycles. The standard InChI is InChI=1S/C21H22N4O3/c1-23(2)21(27)19-12-17-11-15(6-7-18(17)28-19)16-5-3-9-24(13-16)20(26)14-25-10-4-8-22-25/h4-8,10-12H,3,9,13-14H2,1-2H3. The number of carbonyl (C=O) groups is 2. The largest absolute Gasteiger partial charge is 0.451 e. The fourth-order valence-corrected chi connectivity index (χ4v) is 3.37. The summed E-state index contributed by atoms with van der Waals surface area (Å²) in [6.45, 7) is 1.52. The number of amides is 2. The Morgan fingerprint density at radius 3 is 2.86 bits per heavy atom. The van der Waals surface area contributed by atoms with Crippen molar-refractivity contribution in [2.75, 3.05) is 27.2 Å². The zero-order valence-electron chi connectivity index (χ0n) is 16.0. The predicted molar refractivity (Wildman–Crippen MR) is 106 cm³/mol. The van der Waals surface area contributed by atoms with E-state index < -0.39 is 0 Å². The first-order valence-electron chi connectivity index (χ1n) is 9.21. The molecule has 0 aliphatic carbocycles. The maximum atomic E-state index is 12.6. The van der Waals surface area contributed by atoms with Crippen molar-refractivity contribution in [3.05, 3.63) is 60.1 Å². The van der Waals surface area contributed by atoms with Gasteiger partial charge in [0.25, 0.3) is 5.91 Å². The van der Waals surface area contributed by atoms with E-state index in [9.17, 15) is 9.59 Å². The van der Waals surface area contributed by atoms with Gasteiger partial charge in [-0.25, -0.2) is 0 Å². The molecule has 2 amide bonds. The van der Waals surface area contributed by atoms with Crippen molar-refractivity contribution >= 4 is 28.4 Å². The molecule has 0 unspecified atom stereocenters. The SMILES string of the molecule is CN(C)C(=O)c1cc2cc(C3=CCCN(C(=O)Cn4cccn4)C3)ccc2o1. The van der Waals surface area contributed by atoms with Crippen LogP contribution >= 0.6 is 0 Å². The van der Waals surface area contributed by atoms with Crippen LogP contribution in [0.5, 0.6) is 0 Å². The van der Waals surface area contributed by atoms with Crippen molar-refractivity contribution in [2.24, 2.45) is 0 Å². The van der Waals surface area contributed by atoms with Gasteiger partial charge in [0.1, 0.15) is 12.1 Å². The van der Waals surface area contributed by atoms with Crippen molar-refractivity contribution in [3.8, 4) is 0 Å². The highest BCUT2D eigenvalue weighted by Crippen LogP contribution is 2.27. The van der Waals surface area contributed by atoms with Gasteiger partial charge in [-0.3, -0.25) is 14.3 Å². The smallest absolute Gasteiger partial charge is 0.289 e. The molecule has 1 aliphatic rings. The Morgan fingerprint density at radius 1 is 1.25 bits per heavy atom. The molecule has 144 valence electrons. The number of fused-ring (bicyclic) bond motifs is 1. The summed E-state index contributed by atoms with van der Waals surface area (Å²) >= 11 is 0. The molecule has 7 nitrogen and oxygen atoms in total. The maximum Gasteiger partial charge on any atom is 0.289 e. The molecule has 2 aromatic heterocycles. The van der Waals surface area contributed by atoms with Crippen LogP contribution < -0.4 is 0 Å². The molecule has 4 rings (SSSR count). The Balaban J connectivity index is 1.53. The first kappa shape index (κ1) is 18.0. The van der Waals surface area contributed by atoms with Crippen LogP contribution in [0, 0.1) is 0 Å².